The Balaban J connectivity index is 1.96. The molecule has 2 aromatic rings. The van der Waals surface area contributed by atoms with E-state index in [1.165, 1.54) is 31.2 Å². The third-order valence-electron chi connectivity index (χ3n) is 5.82. The standard InChI is InChI=1S/C27H38N2O2/c1-4-17-31-25-12-10-11-22(19-25)23-13-14-26-24(18-23)20-28-15-8-6-5-7-9-16-29(26)27(30)21(2)3/h10-14,18-19,21,28H,4-9,15-17,20H2,1-3H3. The first-order valence-corrected chi connectivity index (χ1v) is 12.0. The number of nitrogens with zero attached hydrogens (tertiary/aromatic N) is 1. The van der Waals surface area contributed by atoms with Gasteiger partial charge in [-0.15, -0.1) is 0 Å². The molecule has 0 bridgehead atoms. The predicted molar refractivity (Wildman–Crippen MR) is 130 cm³/mol. The highest BCUT2D eigenvalue weighted by molar-refractivity contribution is 5.95. The van der Waals surface area contributed by atoms with Crippen molar-refractivity contribution < 1.29 is 9.53 Å². The SMILES string of the molecule is CCCOc1cccc(-c2ccc3c(c2)CNCCCCCCCN3C(=O)C(C)C)c1. The second kappa shape index (κ2) is 11.9. The number of ether oxygens (including phenoxy) is 1. The Hall–Kier alpha value is -2.33. The second-order valence-corrected chi connectivity index (χ2v) is 8.81. The van der Waals surface area contributed by atoms with E-state index in [0.29, 0.717) is 0 Å². The van der Waals surface area contributed by atoms with Gasteiger partial charge in [-0.05, 0) is 66.8 Å². The van der Waals surface area contributed by atoms with Gasteiger partial charge in [0, 0.05) is 24.7 Å². The zero-order valence-electron chi connectivity index (χ0n) is 19.5. The van der Waals surface area contributed by atoms with Gasteiger partial charge in [0.15, 0.2) is 0 Å². The summed E-state index contributed by atoms with van der Waals surface area (Å²) in [5, 5.41) is 3.60. The van der Waals surface area contributed by atoms with Crippen LogP contribution in [0.4, 0.5) is 5.69 Å². The molecule has 0 aliphatic carbocycles. The minimum Gasteiger partial charge on any atom is -0.494 e. The Bertz CT molecular complexity index is 847. The van der Waals surface area contributed by atoms with E-state index in [1.54, 1.807) is 0 Å². The van der Waals surface area contributed by atoms with Gasteiger partial charge in [-0.2, -0.15) is 0 Å². The van der Waals surface area contributed by atoms with E-state index in [1.807, 2.05) is 30.9 Å². The summed E-state index contributed by atoms with van der Waals surface area (Å²) in [6.45, 7) is 9.41. The Morgan fingerprint density at radius 2 is 1.81 bits per heavy atom. The van der Waals surface area contributed by atoms with Crippen molar-refractivity contribution in [2.24, 2.45) is 5.92 Å². The van der Waals surface area contributed by atoms with Gasteiger partial charge < -0.3 is 15.0 Å². The largest absolute Gasteiger partial charge is 0.494 e. The molecule has 4 nitrogen and oxygen atoms in total. The Morgan fingerprint density at radius 3 is 2.61 bits per heavy atom. The molecule has 3 rings (SSSR count). The molecule has 0 unspecified atom stereocenters. The molecule has 1 N–H and O–H groups in total. The van der Waals surface area contributed by atoms with E-state index in [2.05, 4.69) is 42.6 Å². The molecule has 0 radical (unpaired) electrons. The number of hydrogen-bond donors (Lipinski definition) is 1. The molecule has 0 aromatic heterocycles. The van der Waals surface area contributed by atoms with Crippen LogP contribution in [0, 0.1) is 5.92 Å². The first-order valence-electron chi connectivity index (χ1n) is 12.0. The molecule has 31 heavy (non-hydrogen) atoms. The third-order valence-corrected chi connectivity index (χ3v) is 5.82. The van der Waals surface area contributed by atoms with Crippen LogP contribution < -0.4 is 15.0 Å². The summed E-state index contributed by atoms with van der Waals surface area (Å²) in [4.78, 5) is 15.1. The minimum absolute atomic E-state index is 0.0132. The van der Waals surface area contributed by atoms with Crippen LogP contribution in [0.25, 0.3) is 11.1 Å². The van der Waals surface area contributed by atoms with E-state index < -0.39 is 0 Å². The van der Waals surface area contributed by atoms with E-state index in [9.17, 15) is 4.79 Å². The van der Waals surface area contributed by atoms with Gasteiger partial charge in [0.2, 0.25) is 5.91 Å². The van der Waals surface area contributed by atoms with Crippen molar-refractivity contribution in [1.29, 1.82) is 0 Å². The van der Waals surface area contributed by atoms with Crippen LogP contribution in [-0.2, 0) is 11.3 Å². The predicted octanol–water partition coefficient (Wildman–Crippen LogP) is 6.19. The lowest BCUT2D eigenvalue weighted by atomic mass is 9.99. The Kier molecular flexibility index (Phi) is 8.96. The fraction of sp³-hybridized carbons (Fsp3) is 0.519. The Morgan fingerprint density at radius 1 is 1.03 bits per heavy atom. The van der Waals surface area contributed by atoms with E-state index >= 15 is 0 Å². The van der Waals surface area contributed by atoms with E-state index in [0.717, 1.165) is 61.6 Å². The smallest absolute Gasteiger partial charge is 0.229 e. The number of carbonyl (C=O) groups is 1. The molecule has 1 amide bonds. The molecule has 168 valence electrons. The first kappa shape index (κ1) is 23.3. The lowest BCUT2D eigenvalue weighted by Crippen LogP contribution is -2.36. The summed E-state index contributed by atoms with van der Waals surface area (Å²) in [6, 6.07) is 14.8. The maximum Gasteiger partial charge on any atom is 0.229 e. The summed E-state index contributed by atoms with van der Waals surface area (Å²) in [5.74, 6) is 1.10. The van der Waals surface area contributed by atoms with Crippen LogP contribution in [0.2, 0.25) is 0 Å². The molecule has 1 heterocycles. The molecule has 4 heteroatoms. The molecular weight excluding hydrogens is 384 g/mol. The summed E-state index contributed by atoms with van der Waals surface area (Å²) < 4.78 is 5.83. The van der Waals surface area contributed by atoms with Crippen LogP contribution in [0.1, 0.15) is 64.9 Å². The molecule has 0 fully saturated rings. The highest BCUT2D eigenvalue weighted by atomic mass is 16.5. The number of rotatable bonds is 5. The van der Waals surface area contributed by atoms with Crippen molar-refractivity contribution in [2.75, 3.05) is 24.6 Å². The van der Waals surface area contributed by atoms with Crippen LogP contribution in [0.5, 0.6) is 5.75 Å². The number of carbonyl (C=O) groups excluding carboxylic acids is 1. The van der Waals surface area contributed by atoms with E-state index in [-0.39, 0.29) is 11.8 Å². The minimum atomic E-state index is -0.0132. The van der Waals surface area contributed by atoms with Gasteiger partial charge in [-0.25, -0.2) is 0 Å². The lowest BCUT2D eigenvalue weighted by molar-refractivity contribution is -0.121. The summed E-state index contributed by atoms with van der Waals surface area (Å²) in [6.07, 6.45) is 6.94. The zero-order valence-corrected chi connectivity index (χ0v) is 19.5. The van der Waals surface area contributed by atoms with Crippen molar-refractivity contribution >= 4 is 11.6 Å². The Labute approximate surface area is 188 Å². The topological polar surface area (TPSA) is 41.6 Å². The van der Waals surface area contributed by atoms with Crippen molar-refractivity contribution in [3.8, 4) is 16.9 Å². The molecule has 2 aromatic carbocycles. The zero-order chi connectivity index (χ0) is 22.1. The number of fused-ring (bicyclic) bond motifs is 1. The average Bonchev–Trinajstić information content (AvgIpc) is 2.78. The summed E-state index contributed by atoms with van der Waals surface area (Å²) >= 11 is 0. The first-order chi connectivity index (χ1) is 15.1. The highest BCUT2D eigenvalue weighted by Gasteiger charge is 2.21. The molecule has 0 spiro atoms. The molecule has 0 saturated heterocycles. The average molecular weight is 423 g/mol. The van der Waals surface area contributed by atoms with Crippen LogP contribution in [-0.4, -0.2) is 25.6 Å². The van der Waals surface area contributed by atoms with Crippen LogP contribution >= 0.6 is 0 Å². The van der Waals surface area contributed by atoms with Gasteiger partial charge in [0.25, 0.3) is 0 Å². The number of hydrogen-bond acceptors (Lipinski definition) is 3. The number of anilines is 1. The quantitative estimate of drug-likeness (QED) is 0.625. The molecule has 1 aliphatic heterocycles. The van der Waals surface area contributed by atoms with Crippen molar-refractivity contribution in [1.82, 2.24) is 5.32 Å². The normalized spacial score (nSPS) is 15.7. The van der Waals surface area contributed by atoms with Crippen LogP contribution in [0.15, 0.2) is 42.5 Å². The number of nitrogens with one attached hydrogen (secondary N) is 1. The van der Waals surface area contributed by atoms with Crippen molar-refractivity contribution in [3.05, 3.63) is 48.0 Å². The number of benzene rings is 2. The monoisotopic (exact) mass is 422 g/mol. The molecule has 1 aliphatic rings. The molecule has 0 atom stereocenters. The fourth-order valence-corrected chi connectivity index (χ4v) is 4.09. The van der Waals surface area contributed by atoms with Gasteiger partial charge in [-0.3, -0.25) is 4.79 Å². The van der Waals surface area contributed by atoms with Crippen molar-refractivity contribution in [3.63, 3.8) is 0 Å². The maximum absolute atomic E-state index is 13.1. The maximum atomic E-state index is 13.1. The van der Waals surface area contributed by atoms with E-state index in [4.69, 9.17) is 4.74 Å². The molecular formula is C27H38N2O2. The lowest BCUT2D eigenvalue weighted by Gasteiger charge is -2.28. The van der Waals surface area contributed by atoms with Crippen LogP contribution in [0.3, 0.4) is 0 Å². The van der Waals surface area contributed by atoms with Gasteiger partial charge >= 0.3 is 0 Å². The third kappa shape index (κ3) is 6.57. The number of amides is 1. The van der Waals surface area contributed by atoms with Crippen molar-refractivity contribution in [2.45, 2.75) is 65.8 Å². The summed E-state index contributed by atoms with van der Waals surface area (Å²) in [5.41, 5.74) is 4.54. The second-order valence-electron chi connectivity index (χ2n) is 8.81. The molecule has 0 saturated carbocycles. The highest BCUT2D eigenvalue weighted by Crippen LogP contribution is 2.31. The fourth-order valence-electron chi connectivity index (χ4n) is 4.09. The van der Waals surface area contributed by atoms with Gasteiger partial charge in [-0.1, -0.05) is 58.2 Å². The van der Waals surface area contributed by atoms with Gasteiger partial charge in [0.05, 0.1) is 6.61 Å². The van der Waals surface area contributed by atoms with Gasteiger partial charge in [0.1, 0.15) is 5.75 Å². The summed E-state index contributed by atoms with van der Waals surface area (Å²) in [7, 11) is 0.